The average Bonchev–Trinajstić information content (AvgIpc) is 2.46. The maximum atomic E-state index is 12.0. The minimum atomic E-state index is -2.91. The number of carbonyl (C=O) groups is 2. The van der Waals surface area contributed by atoms with Crippen LogP contribution in [0.1, 0.15) is 24.2 Å². The van der Waals surface area contributed by atoms with Crippen LogP contribution in [-0.2, 0) is 4.79 Å². The molecule has 0 bridgehead atoms. The van der Waals surface area contributed by atoms with Gasteiger partial charge in [-0.3, -0.25) is 9.59 Å². The number of nitrogens with zero attached hydrogens (tertiary/aromatic N) is 1. The van der Waals surface area contributed by atoms with E-state index in [2.05, 4.69) is 10.1 Å². The molecular weight excluding hydrogens is 282 g/mol. The molecule has 1 rings (SSSR count). The molecule has 0 unspecified atom stereocenters. The smallest absolute Gasteiger partial charge is 0.387 e. The van der Waals surface area contributed by atoms with E-state index < -0.39 is 12.5 Å². The molecule has 0 aromatic heterocycles. The molecule has 5 nitrogen and oxygen atoms in total. The van der Waals surface area contributed by atoms with Gasteiger partial charge < -0.3 is 15.0 Å². The fraction of sp³-hybridized carbons (Fsp3) is 0.429. The molecule has 0 fully saturated rings. The minimum absolute atomic E-state index is 0.0271. The summed E-state index contributed by atoms with van der Waals surface area (Å²) >= 11 is 0. The van der Waals surface area contributed by atoms with Crippen molar-refractivity contribution in [1.29, 1.82) is 0 Å². The Morgan fingerprint density at radius 1 is 1.19 bits per heavy atom. The lowest BCUT2D eigenvalue weighted by molar-refractivity contribution is -0.129. The van der Waals surface area contributed by atoms with Crippen molar-refractivity contribution < 1.29 is 23.1 Å². The van der Waals surface area contributed by atoms with Crippen molar-refractivity contribution in [1.82, 2.24) is 10.2 Å². The minimum Gasteiger partial charge on any atom is -0.435 e. The zero-order chi connectivity index (χ0) is 15.8. The third-order valence-corrected chi connectivity index (χ3v) is 2.86. The Balaban J connectivity index is 2.54. The van der Waals surface area contributed by atoms with Crippen LogP contribution in [0.2, 0.25) is 0 Å². The van der Waals surface area contributed by atoms with Gasteiger partial charge in [0.1, 0.15) is 5.75 Å². The number of likely N-dealkylation sites (N-methyl/N-ethyl adjacent to an activating group) is 1. The number of nitrogens with one attached hydrogen (secondary N) is 1. The highest BCUT2D eigenvalue weighted by molar-refractivity contribution is 5.96. The molecular formula is C14H18F2N2O3. The van der Waals surface area contributed by atoms with Gasteiger partial charge in [-0.1, -0.05) is 0 Å². The van der Waals surface area contributed by atoms with E-state index in [-0.39, 0.29) is 23.8 Å². The predicted molar refractivity (Wildman–Crippen MR) is 73.3 cm³/mol. The lowest BCUT2D eigenvalue weighted by Gasteiger charge is -2.18. The Hall–Kier alpha value is -2.18. The highest BCUT2D eigenvalue weighted by atomic mass is 19.3. The second-order valence-corrected chi connectivity index (χ2v) is 4.15. The number of benzene rings is 1. The Bertz CT molecular complexity index is 474. The van der Waals surface area contributed by atoms with Crippen molar-refractivity contribution in [2.75, 3.05) is 19.6 Å². The van der Waals surface area contributed by atoms with E-state index in [1.807, 2.05) is 13.8 Å². The second-order valence-electron chi connectivity index (χ2n) is 4.15. The van der Waals surface area contributed by atoms with Crippen molar-refractivity contribution in [2.45, 2.75) is 20.5 Å². The maximum Gasteiger partial charge on any atom is 0.387 e. The van der Waals surface area contributed by atoms with E-state index in [1.54, 1.807) is 4.90 Å². The number of ether oxygens (including phenoxy) is 1. The summed E-state index contributed by atoms with van der Waals surface area (Å²) in [5.74, 6) is -0.647. The van der Waals surface area contributed by atoms with Crippen LogP contribution < -0.4 is 10.1 Å². The standard InChI is InChI=1S/C14H18F2N2O3/c1-3-18(4-2)12(19)9-17-13(20)10-5-7-11(8-6-10)21-14(15)16/h5-8,14H,3-4,9H2,1-2H3,(H,17,20). The Morgan fingerprint density at radius 3 is 2.24 bits per heavy atom. The number of alkyl halides is 2. The average molecular weight is 300 g/mol. The van der Waals surface area contributed by atoms with Gasteiger partial charge in [-0.25, -0.2) is 0 Å². The molecule has 0 aliphatic rings. The van der Waals surface area contributed by atoms with Crippen LogP contribution in [0.4, 0.5) is 8.78 Å². The fourth-order valence-corrected chi connectivity index (χ4v) is 1.73. The summed E-state index contributed by atoms with van der Waals surface area (Å²) in [4.78, 5) is 25.1. The number of amides is 2. The van der Waals surface area contributed by atoms with Crippen molar-refractivity contribution in [3.05, 3.63) is 29.8 Å². The zero-order valence-electron chi connectivity index (χ0n) is 11.9. The van der Waals surface area contributed by atoms with E-state index in [0.717, 1.165) is 0 Å². The third-order valence-electron chi connectivity index (χ3n) is 2.86. The molecule has 1 aromatic carbocycles. The molecule has 0 heterocycles. The summed E-state index contributed by atoms with van der Waals surface area (Å²) in [7, 11) is 0. The van der Waals surface area contributed by atoms with Gasteiger partial charge in [0, 0.05) is 18.7 Å². The molecule has 2 amide bonds. The summed E-state index contributed by atoms with van der Waals surface area (Å²) < 4.78 is 28.2. The highest BCUT2D eigenvalue weighted by Gasteiger charge is 2.12. The molecule has 0 saturated heterocycles. The van der Waals surface area contributed by atoms with Crippen LogP contribution in [0, 0.1) is 0 Å². The van der Waals surface area contributed by atoms with E-state index in [4.69, 9.17) is 0 Å². The topological polar surface area (TPSA) is 58.6 Å². The van der Waals surface area contributed by atoms with Gasteiger partial charge in [0.25, 0.3) is 5.91 Å². The number of hydrogen-bond acceptors (Lipinski definition) is 3. The van der Waals surface area contributed by atoms with Crippen molar-refractivity contribution in [3.63, 3.8) is 0 Å². The first kappa shape index (κ1) is 16.9. The van der Waals surface area contributed by atoms with Gasteiger partial charge in [-0.15, -0.1) is 0 Å². The maximum absolute atomic E-state index is 12.0. The van der Waals surface area contributed by atoms with Gasteiger partial charge in [0.05, 0.1) is 6.54 Å². The normalized spacial score (nSPS) is 10.3. The Labute approximate surface area is 121 Å². The Morgan fingerprint density at radius 2 is 1.76 bits per heavy atom. The van der Waals surface area contributed by atoms with E-state index in [9.17, 15) is 18.4 Å². The first-order valence-electron chi connectivity index (χ1n) is 6.58. The molecule has 0 radical (unpaired) electrons. The van der Waals surface area contributed by atoms with Crippen molar-refractivity contribution >= 4 is 11.8 Å². The number of carbonyl (C=O) groups excluding carboxylic acids is 2. The first-order valence-corrected chi connectivity index (χ1v) is 6.58. The van der Waals surface area contributed by atoms with E-state index in [1.165, 1.54) is 24.3 Å². The monoisotopic (exact) mass is 300 g/mol. The van der Waals surface area contributed by atoms with Crippen LogP contribution in [0.25, 0.3) is 0 Å². The highest BCUT2D eigenvalue weighted by Crippen LogP contribution is 2.14. The number of hydrogen-bond donors (Lipinski definition) is 1. The summed E-state index contributed by atoms with van der Waals surface area (Å²) in [6.45, 7) is 1.85. The molecule has 0 saturated carbocycles. The lowest BCUT2D eigenvalue weighted by Crippen LogP contribution is -2.39. The number of rotatable bonds is 7. The van der Waals surface area contributed by atoms with Crippen LogP contribution in [-0.4, -0.2) is 43.0 Å². The van der Waals surface area contributed by atoms with Gasteiger partial charge >= 0.3 is 6.61 Å². The molecule has 1 N–H and O–H groups in total. The molecule has 116 valence electrons. The molecule has 0 atom stereocenters. The SMILES string of the molecule is CCN(CC)C(=O)CNC(=O)c1ccc(OC(F)F)cc1. The van der Waals surface area contributed by atoms with Crippen LogP contribution in [0.5, 0.6) is 5.75 Å². The summed E-state index contributed by atoms with van der Waals surface area (Å²) in [5.41, 5.74) is 0.268. The van der Waals surface area contributed by atoms with Crippen LogP contribution in [0.15, 0.2) is 24.3 Å². The van der Waals surface area contributed by atoms with Crippen molar-refractivity contribution in [2.24, 2.45) is 0 Å². The third kappa shape index (κ3) is 5.37. The molecule has 7 heteroatoms. The quantitative estimate of drug-likeness (QED) is 0.836. The van der Waals surface area contributed by atoms with E-state index >= 15 is 0 Å². The summed E-state index contributed by atoms with van der Waals surface area (Å²) in [6, 6.07) is 5.25. The molecule has 0 spiro atoms. The lowest BCUT2D eigenvalue weighted by atomic mass is 10.2. The first-order chi connectivity index (χ1) is 9.97. The van der Waals surface area contributed by atoms with Gasteiger partial charge in [-0.2, -0.15) is 8.78 Å². The zero-order valence-corrected chi connectivity index (χ0v) is 11.9. The Kier molecular flexibility index (Phi) is 6.58. The van der Waals surface area contributed by atoms with Crippen LogP contribution in [0.3, 0.4) is 0 Å². The van der Waals surface area contributed by atoms with Gasteiger partial charge in [0.15, 0.2) is 0 Å². The molecule has 0 aliphatic carbocycles. The van der Waals surface area contributed by atoms with Crippen LogP contribution >= 0.6 is 0 Å². The summed E-state index contributed by atoms with van der Waals surface area (Å²) in [6.07, 6.45) is 0. The van der Waals surface area contributed by atoms with Gasteiger partial charge in [0.2, 0.25) is 5.91 Å². The predicted octanol–water partition coefficient (Wildman–Crippen LogP) is 1.89. The van der Waals surface area contributed by atoms with Crippen molar-refractivity contribution in [3.8, 4) is 5.75 Å². The van der Waals surface area contributed by atoms with Gasteiger partial charge in [-0.05, 0) is 38.1 Å². The summed E-state index contributed by atoms with van der Waals surface area (Å²) in [5, 5.41) is 2.49. The fourth-order valence-electron chi connectivity index (χ4n) is 1.73. The number of halogens is 2. The largest absolute Gasteiger partial charge is 0.435 e. The van der Waals surface area contributed by atoms with E-state index in [0.29, 0.717) is 13.1 Å². The molecule has 21 heavy (non-hydrogen) atoms. The second kappa shape index (κ2) is 8.18. The molecule has 1 aromatic rings. The molecule has 0 aliphatic heterocycles.